The number of fused-ring (bicyclic) bond motifs is 2. The fourth-order valence-corrected chi connectivity index (χ4v) is 6.19. The number of hydrogen-bond acceptors (Lipinski definition) is 8. The van der Waals surface area contributed by atoms with E-state index in [0.717, 1.165) is 18.5 Å². The van der Waals surface area contributed by atoms with Gasteiger partial charge in [-0.1, -0.05) is 5.92 Å². The molecule has 1 N–H and O–H groups in total. The van der Waals surface area contributed by atoms with Gasteiger partial charge >= 0.3 is 6.18 Å². The fraction of sp³-hybridized carbons (Fsp3) is 0.552. The zero-order valence-corrected chi connectivity index (χ0v) is 23.1. The molecule has 2 aromatic heterocycles. The van der Waals surface area contributed by atoms with Crippen LogP contribution in [0.3, 0.4) is 0 Å². The highest BCUT2D eigenvalue weighted by Crippen LogP contribution is 2.48. The average Bonchev–Trinajstić information content (AvgIpc) is 3.08. The lowest BCUT2D eigenvalue weighted by Gasteiger charge is -2.47. The fourth-order valence-electron chi connectivity index (χ4n) is 6.19. The third-order valence-corrected chi connectivity index (χ3v) is 8.36. The summed E-state index contributed by atoms with van der Waals surface area (Å²) < 4.78 is 54.6. The Morgan fingerprint density at radius 1 is 1.15 bits per heavy atom. The molecule has 0 radical (unpaired) electrons. The van der Waals surface area contributed by atoms with Crippen molar-refractivity contribution in [2.45, 2.75) is 50.9 Å². The third kappa shape index (κ3) is 5.40. The van der Waals surface area contributed by atoms with Gasteiger partial charge in [0.15, 0.2) is 11.4 Å². The Morgan fingerprint density at radius 3 is 2.56 bits per heavy atom. The summed E-state index contributed by atoms with van der Waals surface area (Å²) in [6.07, 6.45) is -2.08. The van der Waals surface area contributed by atoms with Crippen LogP contribution in [0.5, 0.6) is 5.75 Å². The maximum atomic E-state index is 14.4. The minimum atomic E-state index is -4.69. The number of piperidine rings is 1. The van der Waals surface area contributed by atoms with Crippen LogP contribution >= 0.6 is 0 Å². The Labute approximate surface area is 237 Å². The van der Waals surface area contributed by atoms with E-state index in [4.69, 9.17) is 9.47 Å². The van der Waals surface area contributed by atoms with Gasteiger partial charge in [-0.2, -0.15) is 13.2 Å². The number of aromatic nitrogens is 2. The molecule has 0 unspecified atom stereocenters. The number of nitrogens with one attached hydrogen (secondary N) is 1. The lowest BCUT2D eigenvalue weighted by Crippen LogP contribution is -2.54. The van der Waals surface area contributed by atoms with Gasteiger partial charge in [0.2, 0.25) is 0 Å². The van der Waals surface area contributed by atoms with Gasteiger partial charge in [-0.15, -0.1) is 0 Å². The molecule has 0 saturated carbocycles. The number of hydrogen-bond donors (Lipinski definition) is 1. The average molecular weight is 571 g/mol. The molecule has 1 amide bonds. The molecule has 0 aliphatic carbocycles. The summed E-state index contributed by atoms with van der Waals surface area (Å²) in [4.78, 5) is 26.9. The lowest BCUT2D eigenvalue weighted by atomic mass is 9.90. The largest absolute Gasteiger partial charge is 0.481 e. The molecule has 6 rings (SSSR count). The molecule has 9 nitrogen and oxygen atoms in total. The van der Waals surface area contributed by atoms with E-state index in [0.29, 0.717) is 69.6 Å². The summed E-state index contributed by atoms with van der Waals surface area (Å²) in [7, 11) is 0. The Bertz CT molecular complexity index is 1370. The molecule has 4 aliphatic heterocycles. The van der Waals surface area contributed by atoms with Gasteiger partial charge in [0.05, 0.1) is 24.5 Å². The molecule has 3 fully saturated rings. The number of pyridine rings is 2. The number of halogens is 3. The molecule has 0 aromatic carbocycles. The number of rotatable bonds is 3. The van der Waals surface area contributed by atoms with E-state index in [1.54, 1.807) is 31.0 Å². The smallest absolute Gasteiger partial charge is 0.437 e. The summed E-state index contributed by atoms with van der Waals surface area (Å²) in [5.74, 6) is 5.12. The van der Waals surface area contributed by atoms with Gasteiger partial charge in [0.25, 0.3) is 5.91 Å². The van der Waals surface area contributed by atoms with Crippen LogP contribution in [-0.2, 0) is 15.7 Å². The Morgan fingerprint density at radius 2 is 1.88 bits per heavy atom. The molecule has 41 heavy (non-hydrogen) atoms. The van der Waals surface area contributed by atoms with E-state index in [1.165, 1.54) is 0 Å². The Hall–Kier alpha value is -3.56. The third-order valence-electron chi connectivity index (χ3n) is 8.36. The Balaban J connectivity index is 1.23. The lowest BCUT2D eigenvalue weighted by molar-refractivity contribution is -0.143. The molecular weight excluding hydrogens is 537 g/mol. The monoisotopic (exact) mass is 570 g/mol. The minimum absolute atomic E-state index is 0.137. The zero-order valence-electron chi connectivity index (χ0n) is 23.1. The highest BCUT2D eigenvalue weighted by molar-refractivity contribution is 5.93. The van der Waals surface area contributed by atoms with Crippen molar-refractivity contribution in [1.82, 2.24) is 19.8 Å². The zero-order chi connectivity index (χ0) is 28.7. The number of alkyl halides is 3. The van der Waals surface area contributed by atoms with E-state index >= 15 is 0 Å². The molecule has 1 atom stereocenters. The van der Waals surface area contributed by atoms with Crippen LogP contribution in [0.1, 0.15) is 55.7 Å². The molecule has 3 saturated heterocycles. The number of morpholine rings is 1. The predicted octanol–water partition coefficient (Wildman–Crippen LogP) is 3.94. The normalized spacial score (nSPS) is 21.8. The Kier molecular flexibility index (Phi) is 7.42. The molecular formula is C29H33F3N6O3. The highest BCUT2D eigenvalue weighted by atomic mass is 19.4. The van der Waals surface area contributed by atoms with Crippen molar-refractivity contribution in [2.75, 3.05) is 62.7 Å². The first-order valence-corrected chi connectivity index (χ1v) is 14.1. The number of amides is 1. The first-order chi connectivity index (χ1) is 19.7. The number of carbonyl (C=O) groups is 1. The van der Waals surface area contributed by atoms with E-state index < -0.39 is 18.0 Å². The van der Waals surface area contributed by atoms with Crippen molar-refractivity contribution >= 4 is 23.1 Å². The van der Waals surface area contributed by atoms with E-state index in [-0.39, 0.29) is 29.3 Å². The van der Waals surface area contributed by atoms with Crippen LogP contribution in [0.4, 0.5) is 30.4 Å². The van der Waals surface area contributed by atoms with Gasteiger partial charge in [-0.25, -0.2) is 9.97 Å². The van der Waals surface area contributed by atoms with Crippen molar-refractivity contribution in [3.05, 3.63) is 35.3 Å². The van der Waals surface area contributed by atoms with E-state index in [9.17, 15) is 18.0 Å². The van der Waals surface area contributed by atoms with E-state index in [2.05, 4.69) is 36.9 Å². The van der Waals surface area contributed by atoms with Gasteiger partial charge in [-0.05, 0) is 44.7 Å². The molecule has 6 heterocycles. The van der Waals surface area contributed by atoms with Crippen molar-refractivity contribution in [3.8, 4) is 17.6 Å². The van der Waals surface area contributed by atoms with Gasteiger partial charge in [-0.3, -0.25) is 9.69 Å². The van der Waals surface area contributed by atoms with E-state index in [1.807, 2.05) is 6.07 Å². The number of carbonyl (C=O) groups excluding carboxylic acids is 1. The second kappa shape index (κ2) is 11.0. The van der Waals surface area contributed by atoms with Crippen molar-refractivity contribution in [2.24, 2.45) is 0 Å². The van der Waals surface area contributed by atoms with Gasteiger partial charge in [0.1, 0.15) is 11.9 Å². The molecule has 0 bridgehead atoms. The number of likely N-dealkylation sites (tertiary alicyclic amines) is 2. The van der Waals surface area contributed by atoms with Crippen LogP contribution in [0, 0.1) is 11.8 Å². The second-order valence-electron chi connectivity index (χ2n) is 10.9. The summed E-state index contributed by atoms with van der Waals surface area (Å²) in [6, 6.07) is 3.84. The molecule has 0 spiro atoms. The van der Waals surface area contributed by atoms with Crippen LogP contribution in [0.25, 0.3) is 0 Å². The maximum Gasteiger partial charge on any atom is 0.437 e. The van der Waals surface area contributed by atoms with Crippen LogP contribution in [0.15, 0.2) is 18.3 Å². The molecule has 218 valence electrons. The van der Waals surface area contributed by atoms with Crippen molar-refractivity contribution < 1.29 is 27.4 Å². The molecule has 12 heteroatoms. The van der Waals surface area contributed by atoms with Gasteiger partial charge < -0.3 is 24.6 Å². The predicted molar refractivity (Wildman–Crippen MR) is 146 cm³/mol. The summed E-state index contributed by atoms with van der Waals surface area (Å²) in [5, 5.41) is 3.17. The van der Waals surface area contributed by atoms with Gasteiger partial charge in [0, 0.05) is 68.8 Å². The molecule has 2 aromatic rings. The first-order valence-electron chi connectivity index (χ1n) is 14.1. The highest BCUT2D eigenvalue weighted by Gasteiger charge is 2.43. The quantitative estimate of drug-likeness (QED) is 0.556. The standard InChI is InChI=1S/C29H33F3N6O3/c1-3-4-24(39)37-9-6-20(7-10-37)38-16-19(17-38)21-15-22-26(27(34-21)29(30,31)32)41-18(2)25-23(5-8-33-28(25)35-22)36-11-13-40-14-12-36/h5,8,15,18-20H,6-7,9-14,16-17H2,1-2H3,(H,33,35)/t18-/m0/s1. The number of ether oxygens (including phenoxy) is 2. The summed E-state index contributed by atoms with van der Waals surface area (Å²) in [5.41, 5.74) is 1.17. The van der Waals surface area contributed by atoms with Crippen molar-refractivity contribution in [3.63, 3.8) is 0 Å². The SMILES string of the molecule is CC#CC(=O)N1CCC(N2CC(c3cc4c(c(C(F)(F)F)n3)O[C@@H](C)c3c(N5CCOCC5)ccnc3N4)C2)CC1. The van der Waals surface area contributed by atoms with Crippen LogP contribution in [-0.4, -0.2) is 84.2 Å². The summed E-state index contributed by atoms with van der Waals surface area (Å²) in [6.45, 7) is 8.39. The number of anilines is 3. The second-order valence-corrected chi connectivity index (χ2v) is 10.9. The van der Waals surface area contributed by atoms with Crippen LogP contribution < -0.4 is 15.0 Å². The topological polar surface area (TPSA) is 83.1 Å². The maximum absolute atomic E-state index is 14.4. The van der Waals surface area contributed by atoms with Crippen molar-refractivity contribution in [1.29, 1.82) is 0 Å². The first kappa shape index (κ1) is 27.6. The minimum Gasteiger partial charge on any atom is -0.481 e. The molecule has 4 aliphatic rings. The number of nitrogens with zero attached hydrogens (tertiary/aromatic N) is 5. The summed E-state index contributed by atoms with van der Waals surface area (Å²) >= 11 is 0. The van der Waals surface area contributed by atoms with Crippen LogP contribution in [0.2, 0.25) is 0 Å².